The average molecular weight is 295 g/mol. The molecular weight excluding hydrogens is 285 g/mol. The quantitative estimate of drug-likeness (QED) is 0.511. The van der Waals surface area contributed by atoms with Crippen molar-refractivity contribution in [3.05, 3.63) is 34.9 Å². The smallest absolute Gasteiger partial charge is 0.405 e. The number of halogens is 4. The number of oxime groups is 1. The van der Waals surface area contributed by atoms with Crippen molar-refractivity contribution in [3.8, 4) is 0 Å². The van der Waals surface area contributed by atoms with E-state index in [0.29, 0.717) is 11.1 Å². The van der Waals surface area contributed by atoms with Gasteiger partial charge in [-0.05, 0) is 24.6 Å². The van der Waals surface area contributed by atoms with Crippen LogP contribution in [0.15, 0.2) is 23.4 Å². The molecule has 1 amide bonds. The molecule has 19 heavy (non-hydrogen) atoms. The lowest BCUT2D eigenvalue weighted by Gasteiger charge is -2.10. The predicted molar refractivity (Wildman–Crippen MR) is 63.7 cm³/mol. The van der Waals surface area contributed by atoms with Crippen LogP contribution < -0.4 is 5.32 Å². The summed E-state index contributed by atoms with van der Waals surface area (Å²) in [6.07, 6.45) is -4.46. The molecule has 1 aromatic rings. The van der Waals surface area contributed by atoms with Crippen molar-refractivity contribution in [2.75, 3.05) is 6.54 Å². The normalized spacial score (nSPS) is 12.4. The Bertz CT molecular complexity index is 515. The summed E-state index contributed by atoms with van der Waals surface area (Å²) in [6, 6.07) is 4.12. The van der Waals surface area contributed by atoms with Gasteiger partial charge in [0.15, 0.2) is 5.17 Å². The molecule has 0 fully saturated rings. The molecule has 0 aliphatic carbocycles. The van der Waals surface area contributed by atoms with Gasteiger partial charge < -0.3 is 10.5 Å². The number of amides is 1. The van der Waals surface area contributed by atoms with Crippen LogP contribution in [-0.2, 0) is 0 Å². The van der Waals surface area contributed by atoms with Crippen LogP contribution in [0.4, 0.5) is 13.2 Å². The monoisotopic (exact) mass is 294 g/mol. The van der Waals surface area contributed by atoms with E-state index in [1.165, 1.54) is 25.1 Å². The zero-order chi connectivity index (χ0) is 14.6. The predicted octanol–water partition coefficient (Wildman–Crippen LogP) is 2.66. The van der Waals surface area contributed by atoms with Crippen LogP contribution in [0.25, 0.3) is 0 Å². The molecule has 0 saturated heterocycles. The minimum atomic E-state index is -4.46. The van der Waals surface area contributed by atoms with E-state index in [2.05, 4.69) is 5.16 Å². The lowest BCUT2D eigenvalue weighted by molar-refractivity contribution is -0.123. The van der Waals surface area contributed by atoms with Crippen LogP contribution in [0.5, 0.6) is 0 Å². The first kappa shape index (κ1) is 15.3. The number of aryl methyl sites for hydroxylation is 1. The summed E-state index contributed by atoms with van der Waals surface area (Å²) < 4.78 is 35.9. The minimum Gasteiger partial charge on any atom is -0.410 e. The number of rotatable bonds is 3. The van der Waals surface area contributed by atoms with Gasteiger partial charge in [0.05, 0.1) is 0 Å². The Morgan fingerprint density at radius 3 is 2.58 bits per heavy atom. The third-order valence-electron chi connectivity index (χ3n) is 2.25. The van der Waals surface area contributed by atoms with Gasteiger partial charge in [0.1, 0.15) is 6.54 Å². The molecule has 2 N–H and O–H groups in total. The van der Waals surface area contributed by atoms with Crippen molar-refractivity contribution in [1.82, 2.24) is 5.32 Å². The number of hydrogen-bond acceptors (Lipinski definition) is 3. The van der Waals surface area contributed by atoms with Gasteiger partial charge in [0.25, 0.3) is 5.91 Å². The Labute approximate surface area is 111 Å². The fraction of sp³-hybridized carbons (Fsp3) is 0.273. The van der Waals surface area contributed by atoms with Crippen LogP contribution in [0.1, 0.15) is 21.5 Å². The first-order valence-electron chi connectivity index (χ1n) is 5.08. The molecule has 0 heterocycles. The molecule has 0 aliphatic rings. The second-order valence-corrected chi connectivity index (χ2v) is 4.08. The third kappa shape index (κ3) is 4.44. The van der Waals surface area contributed by atoms with Crippen molar-refractivity contribution in [1.29, 1.82) is 0 Å². The van der Waals surface area contributed by atoms with Crippen molar-refractivity contribution < 1.29 is 23.2 Å². The first-order chi connectivity index (χ1) is 8.74. The molecular formula is C11H10ClF3N2O2. The number of alkyl halides is 3. The molecule has 0 spiro atoms. The van der Waals surface area contributed by atoms with Crippen LogP contribution in [0.2, 0.25) is 0 Å². The van der Waals surface area contributed by atoms with Crippen LogP contribution in [-0.4, -0.2) is 29.0 Å². The summed E-state index contributed by atoms with van der Waals surface area (Å²) in [5, 5.41) is 12.8. The molecule has 0 aliphatic heterocycles. The highest BCUT2D eigenvalue weighted by molar-refractivity contribution is 6.69. The van der Waals surface area contributed by atoms with Gasteiger partial charge in [0.2, 0.25) is 0 Å². The van der Waals surface area contributed by atoms with Crippen LogP contribution in [0, 0.1) is 6.92 Å². The number of nitrogens with one attached hydrogen (secondary N) is 1. The summed E-state index contributed by atoms with van der Waals surface area (Å²) in [4.78, 5) is 11.5. The SMILES string of the molecule is Cc1cc(C(Cl)=NO)ccc1C(=O)NCC(F)(F)F. The average Bonchev–Trinajstić information content (AvgIpc) is 2.34. The standard InChI is InChI=1S/C11H10ClF3N2O2/c1-6-4-7(9(12)17-19)2-3-8(6)10(18)16-5-11(13,14)15/h2-4,19H,5H2,1H3,(H,16,18). The third-order valence-corrected chi connectivity index (χ3v) is 2.54. The molecule has 1 rings (SSSR count). The molecule has 1 aromatic carbocycles. The van der Waals surface area contributed by atoms with E-state index in [1.807, 2.05) is 0 Å². The largest absolute Gasteiger partial charge is 0.410 e. The van der Waals surface area contributed by atoms with E-state index >= 15 is 0 Å². The van der Waals surface area contributed by atoms with Gasteiger partial charge in [-0.3, -0.25) is 4.79 Å². The van der Waals surface area contributed by atoms with Crippen LogP contribution in [0.3, 0.4) is 0 Å². The fourth-order valence-corrected chi connectivity index (χ4v) is 1.50. The lowest BCUT2D eigenvalue weighted by Crippen LogP contribution is -2.34. The maximum atomic E-state index is 12.0. The number of carbonyl (C=O) groups is 1. The Balaban J connectivity index is 2.88. The van der Waals surface area contributed by atoms with E-state index in [0.717, 1.165) is 0 Å². The minimum absolute atomic E-state index is 0.0930. The highest BCUT2D eigenvalue weighted by atomic mass is 35.5. The molecule has 8 heteroatoms. The topological polar surface area (TPSA) is 61.7 Å². The first-order valence-corrected chi connectivity index (χ1v) is 5.46. The van der Waals surface area contributed by atoms with Gasteiger partial charge >= 0.3 is 6.18 Å². The zero-order valence-corrected chi connectivity index (χ0v) is 10.5. The summed E-state index contributed by atoms with van der Waals surface area (Å²) >= 11 is 5.57. The van der Waals surface area contributed by atoms with E-state index in [9.17, 15) is 18.0 Å². The van der Waals surface area contributed by atoms with Gasteiger partial charge in [-0.1, -0.05) is 22.8 Å². The second-order valence-electron chi connectivity index (χ2n) is 3.72. The molecule has 0 saturated carbocycles. The van der Waals surface area contributed by atoms with E-state index in [-0.39, 0.29) is 10.7 Å². The maximum absolute atomic E-state index is 12.0. The number of carbonyl (C=O) groups excluding carboxylic acids is 1. The number of nitrogens with zero attached hydrogens (tertiary/aromatic N) is 1. The van der Waals surface area contributed by atoms with E-state index < -0.39 is 18.6 Å². The Kier molecular flexibility index (Phi) is 4.77. The fourth-order valence-electron chi connectivity index (χ4n) is 1.38. The number of benzene rings is 1. The second kappa shape index (κ2) is 5.92. The van der Waals surface area contributed by atoms with Gasteiger partial charge in [-0.2, -0.15) is 13.2 Å². The molecule has 4 nitrogen and oxygen atoms in total. The van der Waals surface area contributed by atoms with Crippen LogP contribution >= 0.6 is 11.6 Å². The Hall–Kier alpha value is -1.76. The lowest BCUT2D eigenvalue weighted by atomic mass is 10.0. The van der Waals surface area contributed by atoms with Crippen molar-refractivity contribution in [2.45, 2.75) is 13.1 Å². The van der Waals surface area contributed by atoms with E-state index in [4.69, 9.17) is 16.8 Å². The van der Waals surface area contributed by atoms with Crippen molar-refractivity contribution in [3.63, 3.8) is 0 Å². The summed E-state index contributed by atoms with van der Waals surface area (Å²) in [7, 11) is 0. The molecule has 0 radical (unpaired) electrons. The summed E-state index contributed by atoms with van der Waals surface area (Å²) in [5.41, 5.74) is 0.864. The van der Waals surface area contributed by atoms with Crippen molar-refractivity contribution >= 4 is 22.7 Å². The summed E-state index contributed by atoms with van der Waals surface area (Å²) in [6.45, 7) is 0.138. The molecule has 0 unspecified atom stereocenters. The van der Waals surface area contributed by atoms with Gasteiger partial charge in [0, 0.05) is 11.1 Å². The molecule has 0 atom stereocenters. The van der Waals surface area contributed by atoms with Crippen molar-refractivity contribution in [2.24, 2.45) is 5.16 Å². The maximum Gasteiger partial charge on any atom is 0.405 e. The molecule has 0 bridgehead atoms. The van der Waals surface area contributed by atoms with E-state index in [1.54, 1.807) is 5.32 Å². The molecule has 104 valence electrons. The van der Waals surface area contributed by atoms with Gasteiger partial charge in [-0.25, -0.2) is 0 Å². The van der Waals surface area contributed by atoms with Gasteiger partial charge in [-0.15, -0.1) is 0 Å². The summed E-state index contributed by atoms with van der Waals surface area (Å²) in [5.74, 6) is -0.835. The highest BCUT2D eigenvalue weighted by Gasteiger charge is 2.28. The zero-order valence-electron chi connectivity index (χ0n) is 9.75. The Morgan fingerprint density at radius 1 is 1.47 bits per heavy atom. The number of hydrogen-bond donors (Lipinski definition) is 2. The Morgan fingerprint density at radius 2 is 2.11 bits per heavy atom. The highest BCUT2D eigenvalue weighted by Crippen LogP contribution is 2.15. The molecule has 0 aromatic heterocycles.